The fraction of sp³-hybridized carbons (Fsp3) is 0.167. The van der Waals surface area contributed by atoms with Gasteiger partial charge in [-0.25, -0.2) is 9.37 Å². The Bertz CT molecular complexity index is 1540. The Kier molecular flexibility index (Phi) is 7.04. The number of ether oxygens (including phenoxy) is 1. The lowest BCUT2D eigenvalue weighted by atomic mass is 9.97. The normalized spacial score (nSPS) is 13.6. The van der Waals surface area contributed by atoms with Crippen molar-refractivity contribution in [3.05, 3.63) is 102 Å². The zero-order chi connectivity index (χ0) is 26.6. The number of anilines is 2. The molecular formula is C30H27FN4O3. The lowest BCUT2D eigenvalue weighted by molar-refractivity contribution is -0.143. The molecule has 4 aromatic rings. The zero-order valence-corrected chi connectivity index (χ0v) is 21.1. The number of rotatable bonds is 8. The van der Waals surface area contributed by atoms with Crippen LogP contribution in [-0.2, 0) is 27.8 Å². The lowest BCUT2D eigenvalue weighted by Crippen LogP contribution is -2.10. The number of fused-ring (bicyclic) bond motifs is 1. The Morgan fingerprint density at radius 3 is 2.66 bits per heavy atom. The number of nitrogens with one attached hydrogen (secondary N) is 2. The number of amides is 1. The molecule has 1 amide bonds. The van der Waals surface area contributed by atoms with Gasteiger partial charge in [0.25, 0.3) is 5.91 Å². The smallest absolute Gasteiger partial charge is 0.306 e. The van der Waals surface area contributed by atoms with Crippen molar-refractivity contribution < 1.29 is 18.7 Å². The second-order valence-corrected chi connectivity index (χ2v) is 8.96. The highest BCUT2D eigenvalue weighted by Crippen LogP contribution is 2.38. The number of hydrogen-bond acceptors (Lipinski definition) is 5. The minimum absolute atomic E-state index is 0.256. The van der Waals surface area contributed by atoms with Crippen molar-refractivity contribution in [2.45, 2.75) is 19.8 Å². The number of halogens is 1. The minimum atomic E-state index is -0.425. The first-order chi connectivity index (χ1) is 18.4. The highest BCUT2D eigenvalue weighted by molar-refractivity contribution is 6.37. The van der Waals surface area contributed by atoms with E-state index in [1.165, 1.54) is 12.1 Å². The summed E-state index contributed by atoms with van der Waals surface area (Å²) < 4.78 is 20.9. The Hall–Kier alpha value is -4.72. The standard InChI is InChI=1S/C30H27FN4O3/c1-3-38-26(36)14-7-19-5-4-6-21(17-19)28(27-24-13-10-22(31)18-25(24)34-30(27)37)33-23-11-8-20(9-12-23)29-32-15-16-35(29)2/h4-6,8-13,15-18,33H,3,7,14H2,1-2H3,(H,34,37). The third-order valence-corrected chi connectivity index (χ3v) is 6.35. The van der Waals surface area contributed by atoms with E-state index >= 15 is 0 Å². The molecule has 0 radical (unpaired) electrons. The molecule has 5 rings (SSSR count). The third kappa shape index (κ3) is 5.20. The molecule has 38 heavy (non-hydrogen) atoms. The molecule has 0 atom stereocenters. The summed E-state index contributed by atoms with van der Waals surface area (Å²) in [6.07, 6.45) is 4.39. The van der Waals surface area contributed by atoms with Crippen LogP contribution < -0.4 is 10.6 Å². The minimum Gasteiger partial charge on any atom is -0.466 e. The highest BCUT2D eigenvalue weighted by atomic mass is 19.1. The average Bonchev–Trinajstić information content (AvgIpc) is 3.48. The van der Waals surface area contributed by atoms with Crippen LogP contribution in [0.2, 0.25) is 0 Å². The van der Waals surface area contributed by atoms with Crippen LogP contribution in [-0.4, -0.2) is 28.0 Å². The van der Waals surface area contributed by atoms with Gasteiger partial charge in [0, 0.05) is 42.7 Å². The summed E-state index contributed by atoms with van der Waals surface area (Å²) in [6.45, 7) is 2.12. The monoisotopic (exact) mass is 510 g/mol. The largest absolute Gasteiger partial charge is 0.466 e. The van der Waals surface area contributed by atoms with Crippen molar-refractivity contribution in [2.24, 2.45) is 7.05 Å². The van der Waals surface area contributed by atoms with Crippen LogP contribution in [0.25, 0.3) is 22.7 Å². The molecular weight excluding hydrogens is 483 g/mol. The summed E-state index contributed by atoms with van der Waals surface area (Å²) >= 11 is 0. The van der Waals surface area contributed by atoms with Crippen molar-refractivity contribution in [1.82, 2.24) is 9.55 Å². The number of carbonyl (C=O) groups excluding carboxylic acids is 2. The molecule has 0 spiro atoms. The van der Waals surface area contributed by atoms with Crippen molar-refractivity contribution >= 4 is 34.5 Å². The number of carbonyl (C=O) groups is 2. The van der Waals surface area contributed by atoms with E-state index in [1.807, 2.05) is 66.3 Å². The van der Waals surface area contributed by atoms with E-state index in [9.17, 15) is 14.0 Å². The molecule has 2 heterocycles. The first-order valence-corrected chi connectivity index (χ1v) is 12.4. The molecule has 0 unspecified atom stereocenters. The van der Waals surface area contributed by atoms with Crippen LogP contribution in [0.4, 0.5) is 15.8 Å². The Morgan fingerprint density at radius 2 is 1.92 bits per heavy atom. The number of esters is 1. The molecule has 0 saturated carbocycles. The second kappa shape index (κ2) is 10.7. The van der Waals surface area contributed by atoms with Crippen LogP contribution in [0.15, 0.2) is 79.1 Å². The molecule has 0 aliphatic carbocycles. The quantitative estimate of drug-likeness (QED) is 0.236. The molecule has 7 nitrogen and oxygen atoms in total. The summed E-state index contributed by atoms with van der Waals surface area (Å²) in [6, 6.07) is 19.7. The van der Waals surface area contributed by atoms with Gasteiger partial charge in [0.1, 0.15) is 11.6 Å². The van der Waals surface area contributed by atoms with E-state index < -0.39 is 5.82 Å². The predicted octanol–water partition coefficient (Wildman–Crippen LogP) is 5.65. The molecule has 8 heteroatoms. The third-order valence-electron chi connectivity index (χ3n) is 6.35. The van der Waals surface area contributed by atoms with Gasteiger partial charge in [0.15, 0.2) is 0 Å². The number of nitrogens with zero attached hydrogens (tertiary/aromatic N) is 2. The van der Waals surface area contributed by atoms with Gasteiger partial charge < -0.3 is 19.9 Å². The molecule has 1 aliphatic heterocycles. The van der Waals surface area contributed by atoms with E-state index in [2.05, 4.69) is 15.6 Å². The molecule has 192 valence electrons. The maximum absolute atomic E-state index is 13.9. The lowest BCUT2D eigenvalue weighted by Gasteiger charge is -2.16. The second-order valence-electron chi connectivity index (χ2n) is 8.96. The van der Waals surface area contributed by atoms with Crippen molar-refractivity contribution in [1.29, 1.82) is 0 Å². The SMILES string of the molecule is CCOC(=O)CCc1cccc(C(Nc2ccc(-c3nccn3C)cc2)=C2C(=O)Nc3cc(F)ccc32)c1. The van der Waals surface area contributed by atoms with Crippen molar-refractivity contribution in [3.63, 3.8) is 0 Å². The highest BCUT2D eigenvalue weighted by Gasteiger charge is 2.29. The van der Waals surface area contributed by atoms with Gasteiger partial charge in [-0.15, -0.1) is 0 Å². The van der Waals surface area contributed by atoms with Crippen LogP contribution in [0.3, 0.4) is 0 Å². The van der Waals surface area contributed by atoms with Crippen LogP contribution >= 0.6 is 0 Å². The molecule has 3 aromatic carbocycles. The van der Waals surface area contributed by atoms with Gasteiger partial charge in [-0.2, -0.15) is 0 Å². The maximum atomic E-state index is 13.9. The van der Waals surface area contributed by atoms with Crippen molar-refractivity contribution in [2.75, 3.05) is 17.2 Å². The van der Waals surface area contributed by atoms with E-state index in [4.69, 9.17) is 4.74 Å². The van der Waals surface area contributed by atoms with Crippen LogP contribution in [0.1, 0.15) is 30.0 Å². The number of aromatic nitrogens is 2. The van der Waals surface area contributed by atoms with E-state index in [0.29, 0.717) is 35.5 Å². The van der Waals surface area contributed by atoms with Crippen LogP contribution in [0, 0.1) is 5.82 Å². The Balaban J connectivity index is 1.54. The summed E-state index contributed by atoms with van der Waals surface area (Å²) in [5.74, 6) is -0.163. The number of imidazole rings is 1. The molecule has 0 fully saturated rings. The topological polar surface area (TPSA) is 85.2 Å². The van der Waals surface area contributed by atoms with E-state index in [-0.39, 0.29) is 18.3 Å². The van der Waals surface area contributed by atoms with E-state index in [1.54, 1.807) is 19.2 Å². The van der Waals surface area contributed by atoms with Gasteiger partial charge in [-0.1, -0.05) is 18.2 Å². The fourth-order valence-electron chi connectivity index (χ4n) is 4.52. The Morgan fingerprint density at radius 1 is 1.11 bits per heavy atom. The Labute approximate surface area is 220 Å². The van der Waals surface area contributed by atoms with Gasteiger partial charge in [0.05, 0.1) is 23.6 Å². The molecule has 1 aliphatic rings. The summed E-state index contributed by atoms with van der Waals surface area (Å²) in [4.78, 5) is 29.5. The number of benzene rings is 3. The summed E-state index contributed by atoms with van der Waals surface area (Å²) in [7, 11) is 1.94. The molecule has 0 saturated heterocycles. The zero-order valence-electron chi connectivity index (χ0n) is 21.1. The molecule has 2 N–H and O–H groups in total. The van der Waals surface area contributed by atoms with Crippen LogP contribution in [0.5, 0.6) is 0 Å². The molecule has 1 aromatic heterocycles. The van der Waals surface area contributed by atoms with Gasteiger partial charge in [0.2, 0.25) is 0 Å². The maximum Gasteiger partial charge on any atom is 0.306 e. The van der Waals surface area contributed by atoms with Crippen molar-refractivity contribution in [3.8, 4) is 11.4 Å². The number of hydrogen-bond donors (Lipinski definition) is 2. The van der Waals surface area contributed by atoms with Gasteiger partial charge >= 0.3 is 5.97 Å². The first kappa shape index (κ1) is 25.0. The fourth-order valence-corrected chi connectivity index (χ4v) is 4.52. The summed E-state index contributed by atoms with van der Waals surface area (Å²) in [5, 5.41) is 6.21. The van der Waals surface area contributed by atoms with Gasteiger partial charge in [-0.05, 0) is 73.0 Å². The predicted molar refractivity (Wildman–Crippen MR) is 146 cm³/mol. The average molecular weight is 511 g/mol. The number of aryl methyl sites for hydroxylation is 2. The molecule has 0 bridgehead atoms. The van der Waals surface area contributed by atoms with Gasteiger partial charge in [-0.3, -0.25) is 9.59 Å². The van der Waals surface area contributed by atoms with E-state index in [0.717, 1.165) is 28.2 Å². The first-order valence-electron chi connectivity index (χ1n) is 12.4. The summed E-state index contributed by atoms with van der Waals surface area (Å²) in [5.41, 5.74) is 5.45.